The summed E-state index contributed by atoms with van der Waals surface area (Å²) in [6.45, 7) is 1.39. The zero-order valence-electron chi connectivity index (χ0n) is 12.4. The van der Waals surface area contributed by atoms with Crippen molar-refractivity contribution in [3.63, 3.8) is 0 Å². The normalized spacial score (nSPS) is 15.1. The molecule has 0 unspecified atom stereocenters. The Hall–Kier alpha value is -2.88. The van der Waals surface area contributed by atoms with Gasteiger partial charge in [-0.1, -0.05) is 30.3 Å². The molecule has 1 aliphatic heterocycles. The predicted molar refractivity (Wildman–Crippen MR) is 85.5 cm³/mol. The van der Waals surface area contributed by atoms with E-state index < -0.39 is 0 Å². The molecule has 0 N–H and O–H groups in total. The average molecular weight is 293 g/mol. The van der Waals surface area contributed by atoms with E-state index in [-0.39, 0.29) is 11.8 Å². The smallest absolute Gasteiger partial charge is 0.265 e. The number of carbonyl (C=O) groups is 2. The van der Waals surface area contributed by atoms with E-state index in [0.717, 1.165) is 16.9 Å². The fraction of sp³-hybridized carbons (Fsp3) is 0.111. The number of rotatable bonds is 2. The van der Waals surface area contributed by atoms with Crippen LogP contribution in [0.4, 0.5) is 5.69 Å². The van der Waals surface area contributed by atoms with Gasteiger partial charge in [-0.2, -0.15) is 0 Å². The van der Waals surface area contributed by atoms with Crippen molar-refractivity contribution in [2.75, 3.05) is 12.0 Å². The molecule has 0 saturated carbocycles. The van der Waals surface area contributed by atoms with Crippen molar-refractivity contribution in [2.45, 2.75) is 6.92 Å². The maximum Gasteiger partial charge on any atom is 0.265 e. The number of methoxy groups -OCH3 is 1. The molecule has 2 aromatic carbocycles. The van der Waals surface area contributed by atoms with Crippen LogP contribution in [0.2, 0.25) is 0 Å². The van der Waals surface area contributed by atoms with Gasteiger partial charge in [-0.25, -0.2) is 4.90 Å². The van der Waals surface area contributed by atoms with E-state index >= 15 is 0 Å². The molecule has 110 valence electrons. The van der Waals surface area contributed by atoms with Crippen molar-refractivity contribution in [3.05, 3.63) is 59.7 Å². The molecular formula is C18H15NO3. The summed E-state index contributed by atoms with van der Waals surface area (Å²) in [5.74, 6) is 0.186. The lowest BCUT2D eigenvalue weighted by molar-refractivity contribution is -0.122. The van der Waals surface area contributed by atoms with E-state index in [0.29, 0.717) is 11.3 Å². The van der Waals surface area contributed by atoms with Crippen LogP contribution >= 0.6 is 0 Å². The molecule has 22 heavy (non-hydrogen) atoms. The van der Waals surface area contributed by atoms with E-state index in [1.807, 2.05) is 42.5 Å². The molecule has 0 aromatic heterocycles. The lowest BCUT2D eigenvalue weighted by Gasteiger charge is -2.11. The van der Waals surface area contributed by atoms with Crippen molar-refractivity contribution in [1.29, 1.82) is 0 Å². The highest BCUT2D eigenvalue weighted by Crippen LogP contribution is 2.37. The number of nitrogens with zero attached hydrogens (tertiary/aromatic N) is 1. The molecule has 0 bridgehead atoms. The molecule has 0 spiro atoms. The molecule has 0 aliphatic carbocycles. The van der Waals surface area contributed by atoms with Crippen LogP contribution in [0.25, 0.3) is 11.6 Å². The first-order valence-corrected chi connectivity index (χ1v) is 6.92. The second-order valence-corrected chi connectivity index (χ2v) is 5.01. The van der Waals surface area contributed by atoms with E-state index in [1.54, 1.807) is 19.3 Å². The molecule has 4 heteroatoms. The van der Waals surface area contributed by atoms with Crippen molar-refractivity contribution >= 4 is 29.2 Å². The Bertz CT molecular complexity index is 775. The van der Waals surface area contributed by atoms with Gasteiger partial charge < -0.3 is 4.74 Å². The van der Waals surface area contributed by atoms with Gasteiger partial charge >= 0.3 is 0 Å². The van der Waals surface area contributed by atoms with E-state index in [4.69, 9.17) is 4.74 Å². The monoisotopic (exact) mass is 293 g/mol. The SMILES string of the molecule is COc1ccc(/C=C2/C(=O)N(C(C)=O)c3ccccc32)cc1. The van der Waals surface area contributed by atoms with Crippen molar-refractivity contribution in [2.24, 2.45) is 0 Å². The van der Waals surface area contributed by atoms with Gasteiger partial charge in [-0.05, 0) is 29.8 Å². The quantitative estimate of drug-likeness (QED) is 0.799. The van der Waals surface area contributed by atoms with Crippen LogP contribution in [0.1, 0.15) is 18.1 Å². The van der Waals surface area contributed by atoms with Gasteiger partial charge in [0, 0.05) is 12.5 Å². The highest BCUT2D eigenvalue weighted by Gasteiger charge is 2.34. The number of amides is 2. The third kappa shape index (κ3) is 2.29. The summed E-state index contributed by atoms with van der Waals surface area (Å²) < 4.78 is 5.12. The zero-order valence-corrected chi connectivity index (χ0v) is 12.4. The minimum absolute atomic E-state index is 0.282. The van der Waals surface area contributed by atoms with Crippen LogP contribution in [-0.4, -0.2) is 18.9 Å². The average Bonchev–Trinajstić information content (AvgIpc) is 2.81. The molecule has 2 aromatic rings. The number of imide groups is 1. The number of para-hydroxylation sites is 1. The highest BCUT2D eigenvalue weighted by molar-refractivity contribution is 6.41. The lowest BCUT2D eigenvalue weighted by atomic mass is 10.0. The Balaban J connectivity index is 2.08. The molecular weight excluding hydrogens is 278 g/mol. The standard InChI is InChI=1S/C18H15NO3/c1-12(20)19-17-6-4-3-5-15(17)16(18(19)21)11-13-7-9-14(22-2)10-8-13/h3-11H,1-2H3/b16-11+. The van der Waals surface area contributed by atoms with Crippen LogP contribution in [-0.2, 0) is 9.59 Å². The molecule has 2 amide bonds. The molecule has 0 fully saturated rings. The van der Waals surface area contributed by atoms with Crippen LogP contribution < -0.4 is 9.64 Å². The second-order valence-electron chi connectivity index (χ2n) is 5.01. The number of carbonyl (C=O) groups excluding carboxylic acids is 2. The van der Waals surface area contributed by atoms with Crippen LogP contribution in [0.3, 0.4) is 0 Å². The third-order valence-electron chi connectivity index (χ3n) is 3.61. The summed E-state index contributed by atoms with van der Waals surface area (Å²) >= 11 is 0. The highest BCUT2D eigenvalue weighted by atomic mass is 16.5. The van der Waals surface area contributed by atoms with Crippen molar-refractivity contribution < 1.29 is 14.3 Å². The van der Waals surface area contributed by atoms with Crippen LogP contribution in [0.5, 0.6) is 5.75 Å². The molecule has 3 rings (SSSR count). The Labute approximate surface area is 128 Å². The number of hydrogen-bond donors (Lipinski definition) is 0. The Morgan fingerprint density at radius 1 is 1.09 bits per heavy atom. The van der Waals surface area contributed by atoms with Gasteiger partial charge in [0.05, 0.1) is 18.4 Å². The number of anilines is 1. The number of ether oxygens (including phenoxy) is 1. The maximum atomic E-state index is 12.5. The zero-order chi connectivity index (χ0) is 15.7. The van der Waals surface area contributed by atoms with Gasteiger partial charge in [0.15, 0.2) is 0 Å². The number of fused-ring (bicyclic) bond motifs is 1. The first kappa shape index (κ1) is 14.1. The number of benzene rings is 2. The largest absolute Gasteiger partial charge is 0.497 e. The van der Waals surface area contributed by atoms with E-state index in [9.17, 15) is 9.59 Å². The Morgan fingerprint density at radius 2 is 1.77 bits per heavy atom. The molecule has 0 atom stereocenters. The van der Waals surface area contributed by atoms with Crippen molar-refractivity contribution in [1.82, 2.24) is 0 Å². The number of hydrogen-bond acceptors (Lipinski definition) is 3. The van der Waals surface area contributed by atoms with Gasteiger partial charge in [0.1, 0.15) is 5.75 Å². The second kappa shape index (κ2) is 5.48. The van der Waals surface area contributed by atoms with Crippen molar-refractivity contribution in [3.8, 4) is 5.75 Å². The maximum absolute atomic E-state index is 12.5. The van der Waals surface area contributed by atoms with E-state index in [2.05, 4.69) is 0 Å². The summed E-state index contributed by atoms with van der Waals surface area (Å²) in [5, 5.41) is 0. The predicted octanol–water partition coefficient (Wildman–Crippen LogP) is 3.13. The molecule has 1 heterocycles. The summed E-state index contributed by atoms with van der Waals surface area (Å²) in [6, 6.07) is 14.7. The molecule has 0 saturated heterocycles. The topological polar surface area (TPSA) is 46.6 Å². The van der Waals surface area contributed by atoms with E-state index in [1.165, 1.54) is 11.8 Å². The van der Waals surface area contributed by atoms with Gasteiger partial charge in [0.2, 0.25) is 5.91 Å². The first-order chi connectivity index (χ1) is 10.6. The minimum Gasteiger partial charge on any atom is -0.497 e. The summed E-state index contributed by atoms with van der Waals surface area (Å²) in [5.41, 5.74) is 2.82. The first-order valence-electron chi connectivity index (χ1n) is 6.92. The fourth-order valence-electron chi connectivity index (χ4n) is 2.56. The van der Waals surface area contributed by atoms with Gasteiger partial charge in [-0.15, -0.1) is 0 Å². The van der Waals surface area contributed by atoms with Crippen LogP contribution in [0, 0.1) is 0 Å². The molecule has 0 radical (unpaired) electrons. The fourth-order valence-corrected chi connectivity index (χ4v) is 2.56. The molecule has 1 aliphatic rings. The van der Waals surface area contributed by atoms with Gasteiger partial charge in [0.25, 0.3) is 5.91 Å². The third-order valence-corrected chi connectivity index (χ3v) is 3.61. The summed E-state index contributed by atoms with van der Waals surface area (Å²) in [4.78, 5) is 25.5. The minimum atomic E-state index is -0.287. The van der Waals surface area contributed by atoms with Crippen LogP contribution in [0.15, 0.2) is 48.5 Å². The summed E-state index contributed by atoms with van der Waals surface area (Å²) in [6.07, 6.45) is 1.80. The Morgan fingerprint density at radius 3 is 2.41 bits per heavy atom. The lowest BCUT2D eigenvalue weighted by Crippen LogP contribution is -2.30. The Kier molecular flexibility index (Phi) is 3.51. The molecule has 4 nitrogen and oxygen atoms in total. The summed E-state index contributed by atoms with van der Waals surface area (Å²) in [7, 11) is 1.61. The van der Waals surface area contributed by atoms with Gasteiger partial charge in [-0.3, -0.25) is 9.59 Å².